The minimum atomic E-state index is -1.07. The van der Waals surface area contributed by atoms with E-state index in [2.05, 4.69) is 10.3 Å². The predicted octanol–water partition coefficient (Wildman–Crippen LogP) is 3.46. The highest BCUT2D eigenvalue weighted by atomic mass is 16.4. The predicted molar refractivity (Wildman–Crippen MR) is 103 cm³/mol. The highest BCUT2D eigenvalue weighted by Gasteiger charge is 2.45. The van der Waals surface area contributed by atoms with Crippen LogP contribution in [0.5, 0.6) is 0 Å². The van der Waals surface area contributed by atoms with Gasteiger partial charge in [0.05, 0.1) is 17.2 Å². The number of hydrogen-bond donors (Lipinski definition) is 2. The van der Waals surface area contributed by atoms with Crippen molar-refractivity contribution in [2.45, 2.75) is 46.1 Å². The average Bonchev–Trinajstić information content (AvgIpc) is 2.99. The normalized spacial score (nSPS) is 16.0. The molecule has 5 nitrogen and oxygen atoms in total. The van der Waals surface area contributed by atoms with Gasteiger partial charge in [0.1, 0.15) is 0 Å². The molecule has 1 amide bonds. The first-order chi connectivity index (χ1) is 12.8. The van der Waals surface area contributed by atoms with Gasteiger partial charge in [-0.15, -0.1) is 0 Å². The van der Waals surface area contributed by atoms with Gasteiger partial charge in [0.15, 0.2) is 0 Å². The molecule has 0 bridgehead atoms. The number of rotatable bonds is 6. The molecule has 0 fully saturated rings. The molecule has 142 valence electrons. The maximum absolute atomic E-state index is 12.9. The molecule has 5 heteroatoms. The molecule has 1 aliphatic carbocycles. The van der Waals surface area contributed by atoms with E-state index in [4.69, 9.17) is 0 Å². The highest BCUT2D eigenvalue weighted by Crippen LogP contribution is 2.40. The number of carboxylic acids is 1. The molecule has 0 saturated heterocycles. The van der Waals surface area contributed by atoms with Gasteiger partial charge in [-0.05, 0) is 48.4 Å². The second kappa shape index (κ2) is 7.51. The number of aryl methyl sites for hydroxylation is 1. The quantitative estimate of drug-likeness (QED) is 0.820. The molecule has 1 unspecified atom stereocenters. The van der Waals surface area contributed by atoms with Gasteiger partial charge in [-0.25, -0.2) is 0 Å². The van der Waals surface area contributed by atoms with Crippen molar-refractivity contribution in [2.24, 2.45) is 11.3 Å². The standard InChI is InChI=1S/C22H26N2O3/c1-14(2)19(20-15(3)7-6-10-23-20)24-18(25)13-22(21(26)27)11-16-8-4-5-9-17(16)12-22/h4-10,14,19H,11-13H2,1-3H3,(H,24,25)(H,26,27). The Labute approximate surface area is 159 Å². The van der Waals surface area contributed by atoms with Crippen LogP contribution >= 0.6 is 0 Å². The summed E-state index contributed by atoms with van der Waals surface area (Å²) in [4.78, 5) is 29.4. The van der Waals surface area contributed by atoms with Gasteiger partial charge < -0.3 is 10.4 Å². The van der Waals surface area contributed by atoms with Crippen LogP contribution < -0.4 is 5.32 Å². The molecular formula is C22H26N2O3. The Morgan fingerprint density at radius 1 is 1.15 bits per heavy atom. The van der Waals surface area contributed by atoms with Crippen molar-refractivity contribution in [1.82, 2.24) is 10.3 Å². The molecule has 0 spiro atoms. The van der Waals surface area contributed by atoms with Crippen LogP contribution in [-0.2, 0) is 22.4 Å². The van der Waals surface area contributed by atoms with Crippen molar-refractivity contribution >= 4 is 11.9 Å². The van der Waals surface area contributed by atoms with Gasteiger partial charge in [-0.3, -0.25) is 14.6 Å². The number of aromatic nitrogens is 1. The Hall–Kier alpha value is -2.69. The summed E-state index contributed by atoms with van der Waals surface area (Å²) in [5.74, 6) is -1.01. The van der Waals surface area contributed by atoms with Crippen LogP contribution in [0.25, 0.3) is 0 Å². The van der Waals surface area contributed by atoms with E-state index in [9.17, 15) is 14.7 Å². The third-order valence-corrected chi connectivity index (χ3v) is 5.46. The van der Waals surface area contributed by atoms with Crippen LogP contribution in [0.3, 0.4) is 0 Å². The highest BCUT2D eigenvalue weighted by molar-refractivity contribution is 5.86. The molecule has 0 radical (unpaired) electrons. The Kier molecular flexibility index (Phi) is 5.31. The van der Waals surface area contributed by atoms with Crippen LogP contribution in [0.1, 0.15) is 48.7 Å². The maximum atomic E-state index is 12.9. The lowest BCUT2D eigenvalue weighted by molar-refractivity contribution is -0.151. The number of carbonyl (C=O) groups is 2. The van der Waals surface area contributed by atoms with Crippen molar-refractivity contribution < 1.29 is 14.7 Å². The van der Waals surface area contributed by atoms with Gasteiger partial charge in [-0.2, -0.15) is 0 Å². The van der Waals surface area contributed by atoms with Crippen LogP contribution in [0, 0.1) is 18.3 Å². The number of benzene rings is 1. The van der Waals surface area contributed by atoms with Crippen molar-refractivity contribution in [3.63, 3.8) is 0 Å². The van der Waals surface area contributed by atoms with Gasteiger partial charge in [0, 0.05) is 12.6 Å². The zero-order chi connectivity index (χ0) is 19.6. The Morgan fingerprint density at radius 2 is 1.78 bits per heavy atom. The van der Waals surface area contributed by atoms with Crippen molar-refractivity contribution in [1.29, 1.82) is 0 Å². The smallest absolute Gasteiger partial charge is 0.310 e. The number of carboxylic acid groups (broad SMARTS) is 1. The first-order valence-corrected chi connectivity index (χ1v) is 9.33. The number of amides is 1. The molecule has 2 aromatic rings. The Bertz CT molecular complexity index is 835. The van der Waals surface area contributed by atoms with E-state index in [1.807, 2.05) is 57.2 Å². The molecule has 1 aliphatic rings. The van der Waals surface area contributed by atoms with Crippen LogP contribution in [0.4, 0.5) is 0 Å². The molecular weight excluding hydrogens is 340 g/mol. The molecule has 27 heavy (non-hydrogen) atoms. The summed E-state index contributed by atoms with van der Waals surface area (Å²) in [7, 11) is 0. The minimum Gasteiger partial charge on any atom is -0.481 e. The fourth-order valence-electron chi connectivity index (χ4n) is 3.95. The summed E-state index contributed by atoms with van der Waals surface area (Å²) in [5, 5.41) is 12.9. The second-order valence-corrected chi connectivity index (χ2v) is 7.88. The topological polar surface area (TPSA) is 79.3 Å². The fourth-order valence-corrected chi connectivity index (χ4v) is 3.95. The van der Waals surface area contributed by atoms with Crippen molar-refractivity contribution in [3.05, 3.63) is 65.0 Å². The molecule has 1 heterocycles. The molecule has 1 atom stereocenters. The van der Waals surface area contributed by atoms with E-state index in [0.29, 0.717) is 12.8 Å². The first-order valence-electron chi connectivity index (χ1n) is 9.33. The molecule has 0 saturated carbocycles. The van der Waals surface area contributed by atoms with E-state index in [0.717, 1.165) is 22.4 Å². The summed E-state index contributed by atoms with van der Waals surface area (Å²) >= 11 is 0. The molecule has 2 N–H and O–H groups in total. The number of nitrogens with one attached hydrogen (secondary N) is 1. The SMILES string of the molecule is Cc1cccnc1C(NC(=O)CC1(C(=O)O)Cc2ccccc2C1)C(C)C. The number of carbonyl (C=O) groups excluding carboxylic acids is 1. The minimum absolute atomic E-state index is 0.0356. The lowest BCUT2D eigenvalue weighted by Crippen LogP contribution is -2.40. The summed E-state index contributed by atoms with van der Waals surface area (Å²) in [6.45, 7) is 6.02. The third kappa shape index (κ3) is 3.87. The van der Waals surface area contributed by atoms with E-state index in [-0.39, 0.29) is 24.3 Å². The lowest BCUT2D eigenvalue weighted by Gasteiger charge is -2.27. The van der Waals surface area contributed by atoms with E-state index < -0.39 is 11.4 Å². The summed E-state index contributed by atoms with van der Waals surface area (Å²) in [5.41, 5.74) is 2.81. The second-order valence-electron chi connectivity index (χ2n) is 7.88. The lowest BCUT2D eigenvalue weighted by atomic mass is 9.81. The number of nitrogens with zero attached hydrogens (tertiary/aromatic N) is 1. The number of aliphatic carboxylic acids is 1. The van der Waals surface area contributed by atoms with Crippen molar-refractivity contribution in [3.8, 4) is 0 Å². The summed E-state index contributed by atoms with van der Waals surface area (Å²) in [6.07, 6.45) is 2.46. The maximum Gasteiger partial charge on any atom is 0.310 e. The van der Waals surface area contributed by atoms with Gasteiger partial charge in [0.2, 0.25) is 5.91 Å². The molecule has 1 aromatic heterocycles. The van der Waals surface area contributed by atoms with Gasteiger partial charge >= 0.3 is 5.97 Å². The van der Waals surface area contributed by atoms with Crippen LogP contribution in [0.15, 0.2) is 42.6 Å². The fraction of sp³-hybridized carbons (Fsp3) is 0.409. The number of hydrogen-bond acceptors (Lipinski definition) is 3. The van der Waals surface area contributed by atoms with Crippen LogP contribution in [-0.4, -0.2) is 22.0 Å². The zero-order valence-corrected chi connectivity index (χ0v) is 16.0. The van der Waals surface area contributed by atoms with Gasteiger partial charge in [0.25, 0.3) is 0 Å². The van der Waals surface area contributed by atoms with Gasteiger partial charge in [-0.1, -0.05) is 44.2 Å². The Morgan fingerprint density at radius 3 is 2.30 bits per heavy atom. The van der Waals surface area contributed by atoms with E-state index >= 15 is 0 Å². The molecule has 3 rings (SSSR count). The first kappa shape index (κ1) is 19.1. The average molecular weight is 366 g/mol. The van der Waals surface area contributed by atoms with E-state index in [1.165, 1.54) is 0 Å². The number of fused-ring (bicyclic) bond motifs is 1. The zero-order valence-electron chi connectivity index (χ0n) is 16.0. The summed E-state index contributed by atoms with van der Waals surface area (Å²) in [6, 6.07) is 11.3. The monoisotopic (exact) mass is 366 g/mol. The van der Waals surface area contributed by atoms with Crippen LogP contribution in [0.2, 0.25) is 0 Å². The van der Waals surface area contributed by atoms with E-state index in [1.54, 1.807) is 6.20 Å². The molecule has 1 aromatic carbocycles. The summed E-state index contributed by atoms with van der Waals surface area (Å²) < 4.78 is 0. The number of pyridine rings is 1. The largest absolute Gasteiger partial charge is 0.481 e. The Balaban J connectivity index is 1.79. The third-order valence-electron chi connectivity index (χ3n) is 5.46. The molecule has 0 aliphatic heterocycles. The van der Waals surface area contributed by atoms with Crippen molar-refractivity contribution in [2.75, 3.05) is 0 Å².